The fraction of sp³-hybridized carbons (Fsp3) is 0.0714. The van der Waals surface area contributed by atoms with Gasteiger partial charge in [-0.25, -0.2) is 4.79 Å². The number of amides is 1. The van der Waals surface area contributed by atoms with Gasteiger partial charge in [0, 0.05) is 18.5 Å². The van der Waals surface area contributed by atoms with Crippen molar-refractivity contribution in [2.45, 2.75) is 0 Å². The zero-order chi connectivity index (χ0) is 14.4. The third-order valence-corrected chi connectivity index (χ3v) is 3.30. The summed E-state index contributed by atoms with van der Waals surface area (Å²) in [5.41, 5.74) is 1.27. The molecule has 20 heavy (non-hydrogen) atoms. The van der Waals surface area contributed by atoms with Gasteiger partial charge in [-0.2, -0.15) is 0 Å². The van der Waals surface area contributed by atoms with Crippen LogP contribution in [-0.2, 0) is 9.53 Å². The highest BCUT2D eigenvalue weighted by Crippen LogP contribution is 2.23. The van der Waals surface area contributed by atoms with Crippen molar-refractivity contribution in [2.24, 2.45) is 0 Å². The largest absolute Gasteiger partial charge is 0.465 e. The van der Waals surface area contributed by atoms with Gasteiger partial charge < -0.3 is 10.1 Å². The summed E-state index contributed by atoms with van der Waals surface area (Å²) in [5.74, 6) is -0.788. The molecule has 1 N–H and O–H groups in total. The average Bonchev–Trinajstić information content (AvgIpc) is 2.93. The summed E-state index contributed by atoms with van der Waals surface area (Å²) in [5, 5.41) is 4.35. The number of anilines is 1. The third kappa shape index (κ3) is 3.52. The van der Waals surface area contributed by atoms with Gasteiger partial charge in [-0.05, 0) is 29.2 Å². The molecule has 5 nitrogen and oxygen atoms in total. The first-order chi connectivity index (χ1) is 9.70. The zero-order valence-electron chi connectivity index (χ0n) is 10.7. The minimum Gasteiger partial charge on any atom is -0.465 e. The number of nitrogens with zero attached hydrogens (tertiary/aromatic N) is 1. The molecule has 1 amide bonds. The van der Waals surface area contributed by atoms with E-state index in [1.165, 1.54) is 24.5 Å². The summed E-state index contributed by atoms with van der Waals surface area (Å²) < 4.78 is 4.64. The molecule has 0 bridgehead atoms. The maximum atomic E-state index is 11.8. The van der Waals surface area contributed by atoms with Crippen LogP contribution in [0.3, 0.4) is 0 Å². The third-order valence-electron chi connectivity index (χ3n) is 2.41. The van der Waals surface area contributed by atoms with Crippen molar-refractivity contribution < 1.29 is 14.3 Å². The van der Waals surface area contributed by atoms with E-state index >= 15 is 0 Å². The Bertz CT molecular complexity index is 635. The molecule has 102 valence electrons. The van der Waals surface area contributed by atoms with Gasteiger partial charge in [0.1, 0.15) is 4.88 Å². The van der Waals surface area contributed by atoms with Gasteiger partial charge in [0.25, 0.3) is 0 Å². The number of esters is 1. The van der Waals surface area contributed by atoms with E-state index in [-0.39, 0.29) is 5.91 Å². The first kappa shape index (κ1) is 14.0. The molecule has 0 aliphatic rings. The maximum Gasteiger partial charge on any atom is 0.350 e. The Balaban J connectivity index is 2.04. The lowest BCUT2D eigenvalue weighted by molar-refractivity contribution is -0.111. The molecule has 2 heterocycles. The van der Waals surface area contributed by atoms with Crippen LogP contribution in [0.2, 0.25) is 0 Å². The summed E-state index contributed by atoms with van der Waals surface area (Å²) in [6.45, 7) is 0. The minimum atomic E-state index is -0.466. The summed E-state index contributed by atoms with van der Waals surface area (Å²) in [4.78, 5) is 27.6. The Kier molecular flexibility index (Phi) is 4.62. The predicted molar refractivity (Wildman–Crippen MR) is 77.6 cm³/mol. The highest BCUT2D eigenvalue weighted by molar-refractivity contribution is 7.12. The monoisotopic (exact) mass is 288 g/mol. The minimum absolute atomic E-state index is 0.322. The van der Waals surface area contributed by atoms with Gasteiger partial charge in [0.05, 0.1) is 12.8 Å². The molecule has 0 spiro atoms. The first-order valence-electron chi connectivity index (χ1n) is 5.75. The first-order valence-corrected chi connectivity index (χ1v) is 6.63. The maximum absolute atomic E-state index is 11.8. The Morgan fingerprint density at radius 1 is 1.40 bits per heavy atom. The number of pyridine rings is 1. The molecule has 0 aliphatic heterocycles. The Hall–Kier alpha value is -2.47. The van der Waals surface area contributed by atoms with Gasteiger partial charge >= 0.3 is 5.97 Å². The molecule has 0 aliphatic carbocycles. The normalized spacial score (nSPS) is 10.4. The number of ether oxygens (including phenoxy) is 1. The van der Waals surface area contributed by atoms with Crippen molar-refractivity contribution in [2.75, 3.05) is 12.4 Å². The van der Waals surface area contributed by atoms with Crippen LogP contribution >= 0.6 is 11.3 Å². The highest BCUT2D eigenvalue weighted by atomic mass is 32.1. The Morgan fingerprint density at radius 2 is 2.25 bits per heavy atom. The van der Waals surface area contributed by atoms with Crippen LogP contribution in [0.4, 0.5) is 5.69 Å². The van der Waals surface area contributed by atoms with Crippen molar-refractivity contribution in [1.82, 2.24) is 4.98 Å². The SMILES string of the molecule is COC(=O)c1sccc1NC(=O)/C=C/c1cccnc1. The number of hydrogen-bond acceptors (Lipinski definition) is 5. The summed E-state index contributed by atoms with van der Waals surface area (Å²) in [7, 11) is 1.30. The second kappa shape index (κ2) is 6.63. The lowest BCUT2D eigenvalue weighted by Crippen LogP contribution is -2.10. The predicted octanol–water partition coefficient (Wildman–Crippen LogP) is 2.58. The lowest BCUT2D eigenvalue weighted by atomic mass is 10.2. The molecular formula is C14H12N2O3S. The van der Waals surface area contributed by atoms with Crippen molar-refractivity contribution >= 4 is 35.0 Å². The molecule has 2 aromatic heterocycles. The molecule has 2 rings (SSSR count). The van der Waals surface area contributed by atoms with E-state index in [1.54, 1.807) is 36.0 Å². The molecule has 0 saturated heterocycles. The number of hydrogen-bond donors (Lipinski definition) is 1. The molecule has 0 aromatic carbocycles. The van der Waals surface area contributed by atoms with Crippen LogP contribution in [0.15, 0.2) is 42.0 Å². The molecular weight excluding hydrogens is 276 g/mol. The number of carbonyl (C=O) groups excluding carboxylic acids is 2. The Labute approximate surface area is 119 Å². The number of nitrogens with one attached hydrogen (secondary N) is 1. The molecule has 0 unspecified atom stereocenters. The molecule has 0 fully saturated rings. The van der Waals surface area contributed by atoms with Crippen LogP contribution in [0.25, 0.3) is 6.08 Å². The van der Waals surface area contributed by atoms with Gasteiger partial charge in [0.2, 0.25) is 5.91 Å². The summed E-state index contributed by atoms with van der Waals surface area (Å²) in [6.07, 6.45) is 6.34. The fourth-order valence-corrected chi connectivity index (χ4v) is 2.25. The van der Waals surface area contributed by atoms with E-state index in [1.807, 2.05) is 6.07 Å². The lowest BCUT2D eigenvalue weighted by Gasteiger charge is -2.02. The van der Waals surface area contributed by atoms with Gasteiger partial charge in [-0.3, -0.25) is 9.78 Å². The topological polar surface area (TPSA) is 68.3 Å². The van der Waals surface area contributed by atoms with E-state index in [2.05, 4.69) is 15.0 Å². The van der Waals surface area contributed by atoms with E-state index in [0.717, 1.165) is 5.56 Å². The van der Waals surface area contributed by atoms with Crippen LogP contribution < -0.4 is 5.32 Å². The van der Waals surface area contributed by atoms with Crippen LogP contribution in [0.5, 0.6) is 0 Å². The van der Waals surface area contributed by atoms with E-state index in [9.17, 15) is 9.59 Å². The number of carbonyl (C=O) groups is 2. The number of thiophene rings is 1. The van der Waals surface area contributed by atoms with Gasteiger partial charge in [-0.1, -0.05) is 6.07 Å². The molecule has 0 saturated carbocycles. The van der Waals surface area contributed by atoms with E-state index in [4.69, 9.17) is 0 Å². The standard InChI is InChI=1S/C14H12N2O3S/c1-19-14(18)13-11(6-8-20-13)16-12(17)5-4-10-3-2-7-15-9-10/h2-9H,1H3,(H,16,17)/b5-4+. The molecule has 0 atom stereocenters. The second-order valence-electron chi connectivity index (χ2n) is 3.76. The number of aromatic nitrogens is 1. The average molecular weight is 288 g/mol. The fourth-order valence-electron chi connectivity index (χ4n) is 1.48. The number of methoxy groups -OCH3 is 1. The second-order valence-corrected chi connectivity index (χ2v) is 4.68. The quantitative estimate of drug-likeness (QED) is 0.693. The van der Waals surface area contributed by atoms with Gasteiger partial charge in [0.15, 0.2) is 0 Å². The molecule has 6 heteroatoms. The Morgan fingerprint density at radius 3 is 2.95 bits per heavy atom. The van der Waals surface area contributed by atoms with E-state index in [0.29, 0.717) is 10.6 Å². The smallest absolute Gasteiger partial charge is 0.350 e. The van der Waals surface area contributed by atoms with Crippen LogP contribution in [-0.4, -0.2) is 24.0 Å². The number of rotatable bonds is 4. The van der Waals surface area contributed by atoms with E-state index < -0.39 is 5.97 Å². The van der Waals surface area contributed by atoms with Crippen molar-refractivity contribution in [3.63, 3.8) is 0 Å². The zero-order valence-corrected chi connectivity index (χ0v) is 11.5. The molecule has 0 radical (unpaired) electrons. The van der Waals surface area contributed by atoms with Crippen molar-refractivity contribution in [3.8, 4) is 0 Å². The van der Waals surface area contributed by atoms with Crippen LogP contribution in [0.1, 0.15) is 15.2 Å². The van der Waals surface area contributed by atoms with Crippen molar-refractivity contribution in [1.29, 1.82) is 0 Å². The highest BCUT2D eigenvalue weighted by Gasteiger charge is 2.14. The molecule has 2 aromatic rings. The van der Waals surface area contributed by atoms with Gasteiger partial charge in [-0.15, -0.1) is 11.3 Å². The summed E-state index contributed by atoms with van der Waals surface area (Å²) >= 11 is 1.22. The van der Waals surface area contributed by atoms with Crippen LogP contribution in [0, 0.1) is 0 Å². The van der Waals surface area contributed by atoms with Crippen molar-refractivity contribution in [3.05, 3.63) is 52.5 Å². The summed E-state index contributed by atoms with van der Waals surface area (Å²) in [6, 6.07) is 5.28.